The molecule has 2 fully saturated rings. The minimum Gasteiger partial charge on any atom is -0.387 e. The molecule has 9 nitrogen and oxygen atoms in total. The molecule has 9 heteroatoms. The van der Waals surface area contributed by atoms with Gasteiger partial charge in [0.15, 0.2) is 17.7 Å². The first-order chi connectivity index (χ1) is 13.6. The molecule has 2 aromatic heterocycles. The summed E-state index contributed by atoms with van der Waals surface area (Å²) in [6.45, 7) is 4.62. The summed E-state index contributed by atoms with van der Waals surface area (Å²) in [5, 5.41) is 21.2. The summed E-state index contributed by atoms with van der Waals surface area (Å²) in [4.78, 5) is 14.7. The molecule has 0 spiro atoms. The Morgan fingerprint density at radius 1 is 1.14 bits per heavy atom. The second-order valence-electron chi connectivity index (χ2n) is 7.99. The van der Waals surface area contributed by atoms with Gasteiger partial charge in [-0.25, -0.2) is 15.0 Å². The van der Waals surface area contributed by atoms with Crippen LogP contribution >= 0.6 is 0 Å². The van der Waals surface area contributed by atoms with Crippen molar-refractivity contribution < 1.29 is 14.9 Å². The average molecular weight is 390 g/mol. The Morgan fingerprint density at radius 3 is 2.68 bits per heavy atom. The van der Waals surface area contributed by atoms with Crippen molar-refractivity contribution in [1.82, 2.24) is 24.4 Å². The third-order valence-electron chi connectivity index (χ3n) is 6.12. The lowest BCUT2D eigenvalue weighted by molar-refractivity contribution is -0.0451. The van der Waals surface area contributed by atoms with E-state index in [0.717, 1.165) is 13.1 Å². The molecule has 0 unspecified atom stereocenters. The van der Waals surface area contributed by atoms with Crippen molar-refractivity contribution in [3.05, 3.63) is 12.7 Å². The maximum Gasteiger partial charge on any atom is 0.167 e. The van der Waals surface area contributed by atoms with Crippen molar-refractivity contribution in [2.45, 2.75) is 63.6 Å². The van der Waals surface area contributed by atoms with Crippen LogP contribution in [0.5, 0.6) is 0 Å². The van der Waals surface area contributed by atoms with E-state index in [1.54, 1.807) is 4.57 Å². The number of nitrogen functional groups attached to an aromatic ring is 1. The summed E-state index contributed by atoms with van der Waals surface area (Å²) >= 11 is 0. The quantitative estimate of drug-likeness (QED) is 0.666. The van der Waals surface area contributed by atoms with Gasteiger partial charge in [-0.1, -0.05) is 26.2 Å². The summed E-state index contributed by atoms with van der Waals surface area (Å²) in [5.74, 6) is 0.989. The summed E-state index contributed by atoms with van der Waals surface area (Å²) in [5.41, 5.74) is 6.79. The summed E-state index contributed by atoms with van der Waals surface area (Å²) < 4.78 is 7.70. The van der Waals surface area contributed by atoms with Crippen molar-refractivity contribution in [3.8, 4) is 0 Å². The van der Waals surface area contributed by atoms with Gasteiger partial charge in [-0.05, 0) is 25.3 Å². The monoisotopic (exact) mass is 390 g/mol. The van der Waals surface area contributed by atoms with Gasteiger partial charge in [0.05, 0.1) is 6.33 Å². The van der Waals surface area contributed by atoms with Crippen LogP contribution in [0.2, 0.25) is 0 Å². The second-order valence-corrected chi connectivity index (χ2v) is 7.99. The molecular weight excluding hydrogens is 360 g/mol. The number of hydrogen-bond acceptors (Lipinski definition) is 8. The molecule has 2 aliphatic rings. The fraction of sp³-hybridized carbons (Fsp3) is 0.737. The third-order valence-corrected chi connectivity index (χ3v) is 6.12. The zero-order chi connectivity index (χ0) is 19.7. The second kappa shape index (κ2) is 8.28. The summed E-state index contributed by atoms with van der Waals surface area (Å²) in [6.07, 6.45) is 6.13. The largest absolute Gasteiger partial charge is 0.387 e. The molecule has 1 saturated carbocycles. The standard InChI is InChI=1S/C19H30N6O3/c1-2-24(8-12-6-4-3-5-7-12)9-13-15(26)16(27)19(28-13)25-11-23-14-17(20)21-10-22-18(14)25/h10-13,15-16,19,26-27H,2-9H2,1H3,(H2,20,21,22)/t13-,15-,16-,19-/m1/s1. The van der Waals surface area contributed by atoms with Crippen molar-refractivity contribution in [3.63, 3.8) is 0 Å². The summed E-state index contributed by atoms with van der Waals surface area (Å²) in [7, 11) is 0. The number of nitrogens with two attached hydrogens (primary N) is 1. The van der Waals surface area contributed by atoms with Crippen molar-refractivity contribution in [1.29, 1.82) is 0 Å². The maximum atomic E-state index is 10.6. The number of aliphatic hydroxyl groups is 2. The van der Waals surface area contributed by atoms with Crippen LogP contribution in [-0.2, 0) is 4.74 Å². The number of rotatable bonds is 6. The van der Waals surface area contributed by atoms with Crippen LogP contribution in [0.15, 0.2) is 12.7 Å². The zero-order valence-electron chi connectivity index (χ0n) is 16.3. The highest BCUT2D eigenvalue weighted by molar-refractivity contribution is 5.81. The van der Waals surface area contributed by atoms with Crippen LogP contribution in [0.3, 0.4) is 0 Å². The van der Waals surface area contributed by atoms with Crippen molar-refractivity contribution in [2.75, 3.05) is 25.4 Å². The first-order valence-corrected chi connectivity index (χ1v) is 10.3. The molecule has 3 heterocycles. The molecule has 1 aliphatic heterocycles. The Morgan fingerprint density at radius 2 is 1.93 bits per heavy atom. The molecule has 0 amide bonds. The van der Waals surface area contributed by atoms with Gasteiger partial charge >= 0.3 is 0 Å². The SMILES string of the molecule is CCN(CC1CCCCC1)C[C@H]1O[C@@H](n2cnc3c(N)ncnc32)[C@H](O)[C@@H]1O. The minimum atomic E-state index is -1.06. The van der Waals surface area contributed by atoms with E-state index in [1.165, 1.54) is 44.8 Å². The maximum absolute atomic E-state index is 10.6. The van der Waals surface area contributed by atoms with Gasteiger partial charge < -0.3 is 25.6 Å². The van der Waals surface area contributed by atoms with E-state index in [9.17, 15) is 10.2 Å². The molecule has 0 bridgehead atoms. The molecule has 28 heavy (non-hydrogen) atoms. The lowest BCUT2D eigenvalue weighted by atomic mass is 9.89. The Bertz CT molecular complexity index is 793. The van der Waals surface area contributed by atoms with Gasteiger partial charge in [0, 0.05) is 13.1 Å². The van der Waals surface area contributed by atoms with E-state index in [4.69, 9.17) is 10.5 Å². The molecule has 2 aromatic rings. The van der Waals surface area contributed by atoms with Gasteiger partial charge in [-0.2, -0.15) is 0 Å². The first-order valence-electron chi connectivity index (χ1n) is 10.3. The molecule has 154 valence electrons. The molecule has 0 aromatic carbocycles. The van der Waals surface area contributed by atoms with Crippen molar-refractivity contribution in [2.24, 2.45) is 5.92 Å². The van der Waals surface area contributed by atoms with Crippen LogP contribution in [-0.4, -0.2) is 72.6 Å². The lowest BCUT2D eigenvalue weighted by Crippen LogP contribution is -2.42. The van der Waals surface area contributed by atoms with Gasteiger partial charge in [0.2, 0.25) is 0 Å². The van der Waals surface area contributed by atoms with Crippen LogP contribution < -0.4 is 5.73 Å². The van der Waals surface area contributed by atoms with E-state index in [-0.39, 0.29) is 5.82 Å². The number of fused-ring (bicyclic) bond motifs is 1. The number of aromatic nitrogens is 4. The van der Waals surface area contributed by atoms with Gasteiger partial charge in [-0.15, -0.1) is 0 Å². The summed E-state index contributed by atoms with van der Waals surface area (Å²) in [6, 6.07) is 0. The van der Waals surface area contributed by atoms with E-state index >= 15 is 0 Å². The number of likely N-dealkylation sites (N-methyl/N-ethyl adjacent to an activating group) is 1. The van der Waals surface area contributed by atoms with Crippen LogP contribution in [0.25, 0.3) is 11.2 Å². The van der Waals surface area contributed by atoms with E-state index in [0.29, 0.717) is 23.6 Å². The number of ether oxygens (including phenoxy) is 1. The molecule has 4 atom stereocenters. The number of nitrogens with zero attached hydrogens (tertiary/aromatic N) is 5. The van der Waals surface area contributed by atoms with Crippen LogP contribution in [0.4, 0.5) is 5.82 Å². The fourth-order valence-corrected chi connectivity index (χ4v) is 4.49. The Kier molecular flexibility index (Phi) is 5.77. The lowest BCUT2D eigenvalue weighted by Gasteiger charge is -2.31. The van der Waals surface area contributed by atoms with Crippen LogP contribution in [0, 0.1) is 5.92 Å². The van der Waals surface area contributed by atoms with Crippen molar-refractivity contribution >= 4 is 17.0 Å². The highest BCUT2D eigenvalue weighted by atomic mass is 16.6. The number of hydrogen-bond donors (Lipinski definition) is 3. The van der Waals surface area contributed by atoms with Gasteiger partial charge in [0.25, 0.3) is 0 Å². The molecule has 1 aliphatic carbocycles. The first kappa shape index (κ1) is 19.5. The predicted octanol–water partition coefficient (Wildman–Crippen LogP) is 0.930. The van der Waals surface area contributed by atoms with Gasteiger partial charge in [-0.3, -0.25) is 4.57 Å². The molecule has 4 N–H and O–H groups in total. The fourth-order valence-electron chi connectivity index (χ4n) is 4.49. The minimum absolute atomic E-state index is 0.276. The van der Waals surface area contributed by atoms with E-state index in [1.807, 2.05) is 0 Å². The smallest absolute Gasteiger partial charge is 0.167 e. The highest BCUT2D eigenvalue weighted by Gasteiger charge is 2.44. The third kappa shape index (κ3) is 3.71. The van der Waals surface area contributed by atoms with E-state index in [2.05, 4.69) is 26.8 Å². The molecule has 4 rings (SSSR count). The number of imidazole rings is 1. The Hall–Kier alpha value is -1.81. The molecule has 1 saturated heterocycles. The van der Waals surface area contributed by atoms with E-state index < -0.39 is 24.5 Å². The number of aliphatic hydroxyl groups excluding tert-OH is 2. The molecule has 0 radical (unpaired) electrons. The normalized spacial score (nSPS) is 29.1. The van der Waals surface area contributed by atoms with Gasteiger partial charge in [0.1, 0.15) is 30.2 Å². The Balaban J connectivity index is 1.46. The zero-order valence-corrected chi connectivity index (χ0v) is 16.3. The highest BCUT2D eigenvalue weighted by Crippen LogP contribution is 2.33. The Labute approximate surface area is 164 Å². The topological polar surface area (TPSA) is 123 Å². The molecular formula is C19H30N6O3. The average Bonchev–Trinajstić information content (AvgIpc) is 3.25. The predicted molar refractivity (Wildman–Crippen MR) is 104 cm³/mol. The number of anilines is 1. The van der Waals surface area contributed by atoms with Crippen LogP contribution in [0.1, 0.15) is 45.3 Å².